The van der Waals surface area contributed by atoms with Gasteiger partial charge in [-0.1, -0.05) is 0 Å². The maximum Gasteiger partial charge on any atom is 0.222 e. The molecule has 0 saturated heterocycles. The van der Waals surface area contributed by atoms with E-state index in [4.69, 9.17) is 5.73 Å². The van der Waals surface area contributed by atoms with Gasteiger partial charge in [0, 0.05) is 37.9 Å². The molecule has 19 heavy (non-hydrogen) atoms. The number of carbonyl (C=O) groups is 1. The third-order valence-electron chi connectivity index (χ3n) is 4.20. The average Bonchev–Trinajstić information content (AvgIpc) is 2.92. The lowest BCUT2D eigenvalue weighted by Crippen LogP contribution is -2.41. The Hall–Kier alpha value is -1.29. The molecule has 106 valence electrons. The molecule has 1 saturated carbocycles. The molecule has 0 atom stereocenters. The summed E-state index contributed by atoms with van der Waals surface area (Å²) in [7, 11) is 1.94. The first-order valence-electron chi connectivity index (χ1n) is 7.29. The van der Waals surface area contributed by atoms with Crippen LogP contribution in [0.1, 0.15) is 44.1 Å². The summed E-state index contributed by atoms with van der Waals surface area (Å²) >= 11 is 0. The Morgan fingerprint density at radius 3 is 2.79 bits per heavy atom. The molecule has 4 heteroatoms. The molecule has 1 heterocycles. The van der Waals surface area contributed by atoms with Crippen LogP contribution in [0.15, 0.2) is 18.5 Å². The van der Waals surface area contributed by atoms with E-state index in [2.05, 4.69) is 11.1 Å². The van der Waals surface area contributed by atoms with Gasteiger partial charge in [-0.3, -0.25) is 4.79 Å². The number of aromatic amines is 1. The van der Waals surface area contributed by atoms with Crippen LogP contribution in [0.25, 0.3) is 0 Å². The number of aromatic nitrogens is 1. The van der Waals surface area contributed by atoms with Gasteiger partial charge in [-0.15, -0.1) is 0 Å². The molecule has 1 aromatic rings. The van der Waals surface area contributed by atoms with E-state index in [1.54, 1.807) is 0 Å². The minimum atomic E-state index is 0.274. The van der Waals surface area contributed by atoms with Crippen molar-refractivity contribution in [2.75, 3.05) is 7.05 Å². The minimum Gasteiger partial charge on any atom is -0.367 e. The summed E-state index contributed by atoms with van der Waals surface area (Å²) in [5, 5.41) is 0. The normalized spacial score (nSPS) is 23.3. The first-order valence-corrected chi connectivity index (χ1v) is 7.29. The third kappa shape index (κ3) is 4.10. The van der Waals surface area contributed by atoms with E-state index in [1.165, 1.54) is 5.56 Å². The van der Waals surface area contributed by atoms with Crippen LogP contribution in [0.5, 0.6) is 0 Å². The standard InChI is InChI=1S/C15H25N3O/c1-18(14-7-5-13(16)6-8-14)15(19)4-2-3-12-9-10-17-11-12/h9-11,13-14,17H,2-8,16H2,1H3. The third-order valence-corrected chi connectivity index (χ3v) is 4.20. The van der Waals surface area contributed by atoms with Gasteiger partial charge in [0.05, 0.1) is 0 Å². The summed E-state index contributed by atoms with van der Waals surface area (Å²) in [6, 6.07) is 2.81. The van der Waals surface area contributed by atoms with Crippen LogP contribution in [0.4, 0.5) is 0 Å². The van der Waals surface area contributed by atoms with Gasteiger partial charge in [0.15, 0.2) is 0 Å². The van der Waals surface area contributed by atoms with E-state index in [9.17, 15) is 4.79 Å². The maximum atomic E-state index is 12.1. The summed E-state index contributed by atoms with van der Waals surface area (Å²) in [4.78, 5) is 17.1. The zero-order valence-corrected chi connectivity index (χ0v) is 11.8. The number of H-pyrrole nitrogens is 1. The maximum absolute atomic E-state index is 12.1. The van der Waals surface area contributed by atoms with Crippen molar-refractivity contribution in [1.82, 2.24) is 9.88 Å². The van der Waals surface area contributed by atoms with Crippen LogP contribution in [0, 0.1) is 0 Å². The number of aryl methyl sites for hydroxylation is 1. The highest BCUT2D eigenvalue weighted by Crippen LogP contribution is 2.21. The Balaban J connectivity index is 1.70. The van der Waals surface area contributed by atoms with Gasteiger partial charge in [0.25, 0.3) is 0 Å². The van der Waals surface area contributed by atoms with Crippen molar-refractivity contribution in [3.8, 4) is 0 Å². The molecule has 4 nitrogen and oxygen atoms in total. The SMILES string of the molecule is CN(C(=O)CCCc1cc[nH]c1)C1CCC(N)CC1. The molecule has 0 radical (unpaired) electrons. The average molecular weight is 263 g/mol. The Morgan fingerprint density at radius 2 is 2.16 bits per heavy atom. The second-order valence-electron chi connectivity index (χ2n) is 5.65. The number of nitrogens with zero attached hydrogens (tertiary/aromatic N) is 1. The van der Waals surface area contributed by atoms with E-state index < -0.39 is 0 Å². The molecule has 0 aromatic carbocycles. The van der Waals surface area contributed by atoms with Crippen LogP contribution in [-0.2, 0) is 11.2 Å². The molecule has 0 aliphatic heterocycles. The lowest BCUT2D eigenvalue weighted by molar-refractivity contribution is -0.132. The molecule has 1 aromatic heterocycles. The molecular formula is C15H25N3O. The lowest BCUT2D eigenvalue weighted by Gasteiger charge is -2.33. The molecule has 1 amide bonds. The van der Waals surface area contributed by atoms with E-state index in [0.717, 1.165) is 38.5 Å². The van der Waals surface area contributed by atoms with Gasteiger partial charge in [-0.05, 0) is 50.2 Å². The second kappa shape index (κ2) is 6.75. The Labute approximate surface area is 115 Å². The van der Waals surface area contributed by atoms with Crippen molar-refractivity contribution >= 4 is 5.91 Å². The summed E-state index contributed by atoms with van der Waals surface area (Å²) in [6.07, 6.45) is 10.7. The highest BCUT2D eigenvalue weighted by molar-refractivity contribution is 5.76. The molecule has 3 N–H and O–H groups in total. The molecular weight excluding hydrogens is 238 g/mol. The number of hydrogen-bond donors (Lipinski definition) is 2. The van der Waals surface area contributed by atoms with Crippen molar-refractivity contribution in [1.29, 1.82) is 0 Å². The predicted molar refractivity (Wildman–Crippen MR) is 76.7 cm³/mol. The van der Waals surface area contributed by atoms with Crippen LogP contribution in [-0.4, -0.2) is 34.9 Å². The van der Waals surface area contributed by atoms with Crippen LogP contribution in [0.2, 0.25) is 0 Å². The number of nitrogens with two attached hydrogens (primary N) is 1. The number of amides is 1. The van der Waals surface area contributed by atoms with E-state index in [-0.39, 0.29) is 5.91 Å². The fourth-order valence-electron chi connectivity index (χ4n) is 2.83. The fraction of sp³-hybridized carbons (Fsp3) is 0.667. The highest BCUT2D eigenvalue weighted by Gasteiger charge is 2.24. The lowest BCUT2D eigenvalue weighted by atomic mass is 9.91. The minimum absolute atomic E-state index is 0.274. The summed E-state index contributed by atoms with van der Waals surface area (Å²) < 4.78 is 0. The first kappa shape index (κ1) is 14.1. The van der Waals surface area contributed by atoms with Gasteiger partial charge >= 0.3 is 0 Å². The van der Waals surface area contributed by atoms with Crippen molar-refractivity contribution in [3.63, 3.8) is 0 Å². The number of hydrogen-bond acceptors (Lipinski definition) is 2. The second-order valence-corrected chi connectivity index (χ2v) is 5.65. The zero-order valence-electron chi connectivity index (χ0n) is 11.8. The van der Waals surface area contributed by atoms with Crippen LogP contribution >= 0.6 is 0 Å². The molecule has 0 spiro atoms. The topological polar surface area (TPSA) is 62.1 Å². The van der Waals surface area contributed by atoms with Gasteiger partial charge < -0.3 is 15.6 Å². The van der Waals surface area contributed by atoms with Crippen molar-refractivity contribution in [2.45, 2.75) is 57.0 Å². The van der Waals surface area contributed by atoms with E-state index in [0.29, 0.717) is 18.5 Å². The van der Waals surface area contributed by atoms with Crippen molar-refractivity contribution in [2.24, 2.45) is 5.73 Å². The molecule has 2 rings (SSSR count). The predicted octanol–water partition coefficient (Wildman–Crippen LogP) is 2.07. The highest BCUT2D eigenvalue weighted by atomic mass is 16.2. The molecule has 1 aliphatic rings. The van der Waals surface area contributed by atoms with Crippen LogP contribution in [0.3, 0.4) is 0 Å². The van der Waals surface area contributed by atoms with E-state index in [1.807, 2.05) is 24.3 Å². The van der Waals surface area contributed by atoms with Crippen LogP contribution < -0.4 is 5.73 Å². The zero-order chi connectivity index (χ0) is 13.7. The Morgan fingerprint density at radius 1 is 1.42 bits per heavy atom. The fourth-order valence-corrected chi connectivity index (χ4v) is 2.83. The smallest absolute Gasteiger partial charge is 0.222 e. The van der Waals surface area contributed by atoms with Gasteiger partial charge in [-0.25, -0.2) is 0 Å². The van der Waals surface area contributed by atoms with Crippen molar-refractivity contribution in [3.05, 3.63) is 24.0 Å². The van der Waals surface area contributed by atoms with Gasteiger partial charge in [-0.2, -0.15) is 0 Å². The Kier molecular flexibility index (Phi) is 5.02. The molecule has 0 unspecified atom stereocenters. The van der Waals surface area contributed by atoms with Gasteiger partial charge in [0.2, 0.25) is 5.91 Å². The quantitative estimate of drug-likeness (QED) is 0.854. The van der Waals surface area contributed by atoms with E-state index >= 15 is 0 Å². The molecule has 1 fully saturated rings. The molecule has 1 aliphatic carbocycles. The summed E-state index contributed by atoms with van der Waals surface area (Å²) in [5.74, 6) is 0.274. The summed E-state index contributed by atoms with van der Waals surface area (Å²) in [5.41, 5.74) is 7.18. The monoisotopic (exact) mass is 263 g/mol. The first-order chi connectivity index (χ1) is 9.16. The number of nitrogens with one attached hydrogen (secondary N) is 1. The van der Waals surface area contributed by atoms with Crippen molar-refractivity contribution < 1.29 is 4.79 Å². The number of carbonyl (C=O) groups excluding carboxylic acids is 1. The van der Waals surface area contributed by atoms with Gasteiger partial charge in [0.1, 0.15) is 0 Å². The molecule has 0 bridgehead atoms. The summed E-state index contributed by atoms with van der Waals surface area (Å²) in [6.45, 7) is 0. The largest absolute Gasteiger partial charge is 0.367 e. The Bertz CT molecular complexity index is 380. The number of rotatable bonds is 5.